The van der Waals surface area contributed by atoms with Crippen molar-refractivity contribution in [2.75, 3.05) is 11.1 Å². The fourth-order valence-electron chi connectivity index (χ4n) is 1.92. The molecule has 120 valence electrons. The van der Waals surface area contributed by atoms with Crippen molar-refractivity contribution in [1.82, 2.24) is 0 Å². The Hall–Kier alpha value is -2.82. The molecule has 2 rings (SSSR count). The van der Waals surface area contributed by atoms with Gasteiger partial charge < -0.3 is 15.8 Å². The Labute approximate surface area is 134 Å². The molecule has 0 saturated carbocycles. The van der Waals surface area contributed by atoms with Crippen molar-refractivity contribution in [3.05, 3.63) is 59.9 Å². The van der Waals surface area contributed by atoms with Gasteiger partial charge in [-0.15, -0.1) is 0 Å². The van der Waals surface area contributed by atoms with Crippen LogP contribution in [-0.4, -0.2) is 12.0 Å². The van der Waals surface area contributed by atoms with Crippen molar-refractivity contribution >= 4 is 23.4 Å². The Balaban J connectivity index is 2.00. The number of hydrogen-bond acceptors (Lipinski definition) is 3. The number of carbonyl (C=O) groups excluding carboxylic acids is 1. The van der Waals surface area contributed by atoms with Gasteiger partial charge in [-0.25, -0.2) is 4.39 Å². The monoisotopic (exact) mass is 314 g/mol. The summed E-state index contributed by atoms with van der Waals surface area (Å²) in [6.07, 6.45) is 3.08. The van der Waals surface area contributed by atoms with Gasteiger partial charge in [0.05, 0.1) is 11.8 Å². The number of rotatable bonds is 5. The highest BCUT2D eigenvalue weighted by atomic mass is 19.1. The van der Waals surface area contributed by atoms with E-state index in [1.54, 1.807) is 18.2 Å². The van der Waals surface area contributed by atoms with Crippen LogP contribution in [0.25, 0.3) is 6.08 Å². The van der Waals surface area contributed by atoms with Crippen LogP contribution in [0.4, 0.5) is 15.8 Å². The molecule has 0 aliphatic carbocycles. The molecule has 2 aromatic rings. The summed E-state index contributed by atoms with van der Waals surface area (Å²) < 4.78 is 18.3. The van der Waals surface area contributed by atoms with E-state index in [1.165, 1.54) is 30.3 Å². The molecule has 0 spiro atoms. The first kappa shape index (κ1) is 16.5. The topological polar surface area (TPSA) is 64.3 Å². The second-order valence-corrected chi connectivity index (χ2v) is 5.29. The third-order valence-electron chi connectivity index (χ3n) is 2.94. The van der Waals surface area contributed by atoms with Gasteiger partial charge in [0.25, 0.3) is 0 Å². The Kier molecular flexibility index (Phi) is 5.36. The van der Waals surface area contributed by atoms with Gasteiger partial charge in [-0.3, -0.25) is 4.79 Å². The lowest BCUT2D eigenvalue weighted by Crippen LogP contribution is -2.08. The minimum Gasteiger partial charge on any atom is -0.489 e. The third kappa shape index (κ3) is 5.14. The SMILES string of the molecule is CC(C)Oc1ccc(/C=C\C(=O)Nc2ccc(F)cc2)cc1N. The van der Waals surface area contributed by atoms with E-state index < -0.39 is 0 Å². The molecule has 0 bridgehead atoms. The number of benzene rings is 2. The maximum absolute atomic E-state index is 12.8. The highest BCUT2D eigenvalue weighted by Crippen LogP contribution is 2.24. The molecule has 0 radical (unpaired) electrons. The molecule has 1 amide bonds. The normalized spacial score (nSPS) is 11.0. The largest absolute Gasteiger partial charge is 0.489 e. The average Bonchev–Trinajstić information content (AvgIpc) is 2.50. The van der Waals surface area contributed by atoms with Crippen molar-refractivity contribution in [2.24, 2.45) is 0 Å². The van der Waals surface area contributed by atoms with Crippen LogP contribution in [0.1, 0.15) is 19.4 Å². The summed E-state index contributed by atoms with van der Waals surface area (Å²) >= 11 is 0. The van der Waals surface area contributed by atoms with E-state index in [9.17, 15) is 9.18 Å². The lowest BCUT2D eigenvalue weighted by Gasteiger charge is -2.12. The number of nitrogens with two attached hydrogens (primary N) is 1. The van der Waals surface area contributed by atoms with Crippen LogP contribution in [0.5, 0.6) is 5.75 Å². The molecule has 5 heteroatoms. The van der Waals surface area contributed by atoms with Gasteiger partial charge in [-0.1, -0.05) is 6.07 Å². The zero-order chi connectivity index (χ0) is 16.8. The average molecular weight is 314 g/mol. The minimum atomic E-state index is -0.349. The number of nitrogen functional groups attached to an aromatic ring is 1. The number of hydrogen-bond donors (Lipinski definition) is 2. The van der Waals surface area contributed by atoms with Crippen molar-refractivity contribution in [3.8, 4) is 5.75 Å². The number of carbonyl (C=O) groups is 1. The smallest absolute Gasteiger partial charge is 0.248 e. The minimum absolute atomic E-state index is 0.0418. The lowest BCUT2D eigenvalue weighted by atomic mass is 10.1. The number of ether oxygens (including phenoxy) is 1. The van der Waals surface area contributed by atoms with E-state index in [2.05, 4.69) is 5.32 Å². The van der Waals surface area contributed by atoms with Crippen molar-refractivity contribution < 1.29 is 13.9 Å². The van der Waals surface area contributed by atoms with Gasteiger partial charge in [0.1, 0.15) is 11.6 Å². The molecule has 4 nitrogen and oxygen atoms in total. The van der Waals surface area contributed by atoms with Crippen molar-refractivity contribution in [3.63, 3.8) is 0 Å². The number of halogens is 1. The van der Waals surface area contributed by atoms with Crippen molar-refractivity contribution in [1.29, 1.82) is 0 Å². The highest BCUT2D eigenvalue weighted by Gasteiger charge is 2.03. The highest BCUT2D eigenvalue weighted by molar-refractivity contribution is 6.01. The van der Waals surface area contributed by atoms with Crippen LogP contribution < -0.4 is 15.8 Å². The van der Waals surface area contributed by atoms with E-state index >= 15 is 0 Å². The van der Waals surface area contributed by atoms with Crippen LogP contribution >= 0.6 is 0 Å². The Morgan fingerprint density at radius 2 is 1.91 bits per heavy atom. The van der Waals surface area contributed by atoms with E-state index in [-0.39, 0.29) is 17.8 Å². The maximum atomic E-state index is 12.8. The fraction of sp³-hybridized carbons (Fsp3) is 0.167. The summed E-state index contributed by atoms with van der Waals surface area (Å²) in [6.45, 7) is 3.85. The second-order valence-electron chi connectivity index (χ2n) is 5.29. The van der Waals surface area contributed by atoms with Gasteiger partial charge in [-0.2, -0.15) is 0 Å². The Bertz CT molecular complexity index is 709. The standard InChI is InChI=1S/C18H19FN2O2/c1-12(2)23-17-9-3-13(11-16(17)20)4-10-18(22)21-15-7-5-14(19)6-8-15/h3-12H,20H2,1-2H3,(H,21,22)/b10-4-. The van der Waals surface area contributed by atoms with E-state index in [0.717, 1.165) is 5.56 Å². The number of amides is 1. The van der Waals surface area contributed by atoms with Crippen molar-refractivity contribution in [2.45, 2.75) is 20.0 Å². The Morgan fingerprint density at radius 1 is 1.22 bits per heavy atom. The van der Waals surface area contributed by atoms with E-state index in [1.807, 2.05) is 19.9 Å². The zero-order valence-corrected chi connectivity index (χ0v) is 13.0. The molecule has 23 heavy (non-hydrogen) atoms. The summed E-state index contributed by atoms with van der Waals surface area (Å²) in [5, 5.41) is 2.64. The third-order valence-corrected chi connectivity index (χ3v) is 2.94. The molecule has 0 heterocycles. The quantitative estimate of drug-likeness (QED) is 0.651. The first-order valence-electron chi connectivity index (χ1n) is 7.25. The van der Waals surface area contributed by atoms with Gasteiger partial charge in [-0.05, 0) is 61.9 Å². The summed E-state index contributed by atoms with van der Waals surface area (Å²) in [7, 11) is 0. The molecule has 0 saturated heterocycles. The molecule has 0 aromatic heterocycles. The van der Waals surface area contributed by atoms with Crippen LogP contribution in [0, 0.1) is 5.82 Å². The fourth-order valence-corrected chi connectivity index (χ4v) is 1.92. The van der Waals surface area contributed by atoms with Gasteiger partial charge in [0.2, 0.25) is 5.91 Å². The first-order valence-corrected chi connectivity index (χ1v) is 7.25. The second kappa shape index (κ2) is 7.45. The molecule has 2 aromatic carbocycles. The van der Waals surface area contributed by atoms with E-state index in [0.29, 0.717) is 17.1 Å². The predicted octanol–water partition coefficient (Wildman–Crippen LogP) is 3.85. The lowest BCUT2D eigenvalue weighted by molar-refractivity contribution is -0.111. The molecule has 0 atom stereocenters. The van der Waals surface area contributed by atoms with Gasteiger partial charge >= 0.3 is 0 Å². The van der Waals surface area contributed by atoms with E-state index in [4.69, 9.17) is 10.5 Å². The molecule has 0 fully saturated rings. The molecular weight excluding hydrogens is 295 g/mol. The zero-order valence-electron chi connectivity index (χ0n) is 13.0. The number of anilines is 2. The van der Waals surface area contributed by atoms with Gasteiger partial charge in [0.15, 0.2) is 0 Å². The van der Waals surface area contributed by atoms with Crippen LogP contribution in [-0.2, 0) is 4.79 Å². The summed E-state index contributed by atoms with van der Waals surface area (Å²) in [4.78, 5) is 11.8. The van der Waals surface area contributed by atoms with Crippen LogP contribution in [0.3, 0.4) is 0 Å². The molecular formula is C18H19FN2O2. The summed E-state index contributed by atoms with van der Waals surface area (Å²) in [6, 6.07) is 10.9. The predicted molar refractivity (Wildman–Crippen MR) is 90.7 cm³/mol. The van der Waals surface area contributed by atoms with Crippen LogP contribution in [0.2, 0.25) is 0 Å². The summed E-state index contributed by atoms with van der Waals surface area (Å²) in [5.41, 5.74) is 7.75. The molecule has 0 aliphatic heterocycles. The first-order chi connectivity index (χ1) is 10.9. The van der Waals surface area contributed by atoms with Gasteiger partial charge in [0, 0.05) is 11.8 Å². The molecule has 3 N–H and O–H groups in total. The molecule has 0 aliphatic rings. The van der Waals surface area contributed by atoms with Crippen LogP contribution in [0.15, 0.2) is 48.5 Å². The maximum Gasteiger partial charge on any atom is 0.248 e. The number of nitrogens with one attached hydrogen (secondary N) is 1. The molecule has 0 unspecified atom stereocenters. The summed E-state index contributed by atoms with van der Waals surface area (Å²) in [5.74, 6) is -0.0386. The Morgan fingerprint density at radius 3 is 2.52 bits per heavy atom.